The molecule has 4 nitrogen and oxygen atoms in total. The first kappa shape index (κ1) is 13.0. The number of nitrogens with one attached hydrogen (secondary N) is 1. The largest absolute Gasteiger partial charge is 0.481 e. The first-order chi connectivity index (χ1) is 7.36. The normalized spacial score (nSPS) is 25.4. The third-order valence-electron chi connectivity index (χ3n) is 3.62. The molecule has 1 aliphatic carbocycles. The molecule has 4 heteroatoms. The van der Waals surface area contributed by atoms with E-state index >= 15 is 0 Å². The summed E-state index contributed by atoms with van der Waals surface area (Å²) in [5.74, 6) is -0.993. The van der Waals surface area contributed by atoms with E-state index in [1.807, 2.05) is 20.8 Å². The molecule has 0 unspecified atom stereocenters. The number of hydrogen-bond acceptors (Lipinski definition) is 2. The maximum atomic E-state index is 11.9. The first-order valence-corrected chi connectivity index (χ1v) is 5.90. The number of carboxylic acids is 1. The molecule has 2 N–H and O–H groups in total. The highest BCUT2D eigenvalue weighted by Gasteiger charge is 2.33. The molecule has 1 aliphatic rings. The molecule has 1 saturated carbocycles. The number of aliphatic carboxylic acids is 1. The maximum Gasteiger partial charge on any atom is 0.306 e. The molecule has 1 rings (SSSR count). The molecule has 0 saturated heterocycles. The van der Waals surface area contributed by atoms with Crippen molar-refractivity contribution in [1.29, 1.82) is 0 Å². The van der Waals surface area contributed by atoms with Gasteiger partial charge in [0.2, 0.25) is 5.91 Å². The molecule has 1 fully saturated rings. The summed E-state index contributed by atoms with van der Waals surface area (Å²) in [7, 11) is 0. The molecule has 0 bridgehead atoms. The van der Waals surface area contributed by atoms with E-state index in [9.17, 15) is 9.59 Å². The van der Waals surface area contributed by atoms with Gasteiger partial charge in [-0.25, -0.2) is 0 Å². The second-order valence-electron chi connectivity index (χ2n) is 5.26. The minimum absolute atomic E-state index is 0.0334. The van der Waals surface area contributed by atoms with Crippen LogP contribution in [0.1, 0.15) is 46.5 Å². The molecular weight excluding hydrogens is 206 g/mol. The van der Waals surface area contributed by atoms with Gasteiger partial charge in [-0.2, -0.15) is 0 Å². The maximum absolute atomic E-state index is 11.9. The predicted octanol–water partition coefficient (Wildman–Crippen LogP) is 1.79. The van der Waals surface area contributed by atoms with Crippen molar-refractivity contribution >= 4 is 11.9 Å². The zero-order valence-electron chi connectivity index (χ0n) is 10.2. The SMILES string of the molecule is CCC(C)(C)C(=O)N[C@@H]1CC[C@H](C(=O)O)C1. The van der Waals surface area contributed by atoms with Gasteiger partial charge in [0.05, 0.1) is 5.92 Å². The number of carbonyl (C=O) groups is 2. The third kappa shape index (κ3) is 2.97. The Balaban J connectivity index is 2.46. The van der Waals surface area contributed by atoms with Crippen LogP contribution in [0.3, 0.4) is 0 Å². The topological polar surface area (TPSA) is 66.4 Å². The Labute approximate surface area is 96.4 Å². The number of carboxylic acid groups (broad SMARTS) is 1. The summed E-state index contributed by atoms with van der Waals surface area (Å²) in [5, 5.41) is 11.8. The first-order valence-electron chi connectivity index (χ1n) is 5.90. The standard InChI is InChI=1S/C12H21NO3/c1-4-12(2,3)11(16)13-9-6-5-8(7-9)10(14)15/h8-9H,4-7H2,1-3H3,(H,13,16)(H,14,15)/t8-,9+/m0/s1. The second kappa shape index (κ2) is 4.85. The van der Waals surface area contributed by atoms with Crippen molar-refractivity contribution in [3.05, 3.63) is 0 Å². The van der Waals surface area contributed by atoms with Crippen molar-refractivity contribution in [2.45, 2.75) is 52.5 Å². The molecule has 0 aromatic heterocycles. The van der Waals surface area contributed by atoms with Crippen LogP contribution in [0, 0.1) is 11.3 Å². The highest BCUT2D eigenvalue weighted by Crippen LogP contribution is 2.27. The molecule has 1 amide bonds. The lowest BCUT2D eigenvalue weighted by Crippen LogP contribution is -2.41. The Morgan fingerprint density at radius 2 is 2.00 bits per heavy atom. The van der Waals surface area contributed by atoms with Gasteiger partial charge in [0.25, 0.3) is 0 Å². The van der Waals surface area contributed by atoms with Crippen molar-refractivity contribution in [2.24, 2.45) is 11.3 Å². The average Bonchev–Trinajstić information content (AvgIpc) is 2.66. The van der Waals surface area contributed by atoms with E-state index in [4.69, 9.17) is 5.11 Å². The van der Waals surface area contributed by atoms with Crippen LogP contribution in [0.25, 0.3) is 0 Å². The van der Waals surface area contributed by atoms with Gasteiger partial charge in [-0.3, -0.25) is 9.59 Å². The van der Waals surface area contributed by atoms with Gasteiger partial charge in [0.15, 0.2) is 0 Å². The third-order valence-corrected chi connectivity index (χ3v) is 3.62. The van der Waals surface area contributed by atoms with Gasteiger partial charge in [0.1, 0.15) is 0 Å². The zero-order valence-corrected chi connectivity index (χ0v) is 10.2. The van der Waals surface area contributed by atoms with Gasteiger partial charge < -0.3 is 10.4 Å². The Hall–Kier alpha value is -1.06. The Morgan fingerprint density at radius 3 is 2.44 bits per heavy atom. The molecule has 16 heavy (non-hydrogen) atoms. The summed E-state index contributed by atoms with van der Waals surface area (Å²) in [6.45, 7) is 5.80. The smallest absolute Gasteiger partial charge is 0.306 e. The monoisotopic (exact) mass is 227 g/mol. The van der Waals surface area contributed by atoms with E-state index in [0.717, 1.165) is 12.8 Å². The Morgan fingerprint density at radius 1 is 1.38 bits per heavy atom. The minimum Gasteiger partial charge on any atom is -0.481 e. The quantitative estimate of drug-likeness (QED) is 0.769. The second-order valence-corrected chi connectivity index (χ2v) is 5.26. The molecule has 0 aliphatic heterocycles. The molecule has 92 valence electrons. The van der Waals surface area contributed by atoms with Crippen LogP contribution in [0.2, 0.25) is 0 Å². The molecule has 0 radical (unpaired) electrons. The summed E-state index contributed by atoms with van der Waals surface area (Å²) in [6.07, 6.45) is 2.81. The Bertz CT molecular complexity index is 286. The lowest BCUT2D eigenvalue weighted by molar-refractivity contribution is -0.141. The number of hydrogen-bond donors (Lipinski definition) is 2. The van der Waals surface area contributed by atoms with E-state index in [2.05, 4.69) is 5.32 Å². The summed E-state index contributed by atoms with van der Waals surface area (Å²) in [4.78, 5) is 22.6. The number of carbonyl (C=O) groups excluding carboxylic acids is 1. The van der Waals surface area contributed by atoms with Crippen molar-refractivity contribution in [1.82, 2.24) is 5.32 Å². The fraction of sp³-hybridized carbons (Fsp3) is 0.833. The molecular formula is C12H21NO3. The molecule has 2 atom stereocenters. The highest BCUT2D eigenvalue weighted by molar-refractivity contribution is 5.82. The molecule has 0 spiro atoms. The van der Waals surface area contributed by atoms with Crippen molar-refractivity contribution in [3.63, 3.8) is 0 Å². The summed E-state index contributed by atoms with van der Waals surface area (Å²) < 4.78 is 0. The van der Waals surface area contributed by atoms with Gasteiger partial charge in [0, 0.05) is 11.5 Å². The number of rotatable bonds is 4. The van der Waals surface area contributed by atoms with Crippen LogP contribution < -0.4 is 5.32 Å². The minimum atomic E-state index is -0.744. The summed E-state index contributed by atoms with van der Waals surface area (Å²) in [6, 6.07) is 0.0411. The lowest BCUT2D eigenvalue weighted by Gasteiger charge is -2.24. The van der Waals surface area contributed by atoms with E-state index in [0.29, 0.717) is 12.8 Å². The Kier molecular flexibility index (Phi) is 3.94. The summed E-state index contributed by atoms with van der Waals surface area (Å²) in [5.41, 5.74) is -0.360. The van der Waals surface area contributed by atoms with E-state index in [1.54, 1.807) is 0 Å². The summed E-state index contributed by atoms with van der Waals surface area (Å²) >= 11 is 0. The predicted molar refractivity (Wildman–Crippen MR) is 61.0 cm³/mol. The van der Waals surface area contributed by atoms with Crippen molar-refractivity contribution < 1.29 is 14.7 Å². The van der Waals surface area contributed by atoms with Crippen LogP contribution in [0.15, 0.2) is 0 Å². The fourth-order valence-electron chi connectivity index (χ4n) is 1.88. The van der Waals surface area contributed by atoms with Crippen LogP contribution in [-0.4, -0.2) is 23.0 Å². The molecule has 0 heterocycles. The van der Waals surface area contributed by atoms with Crippen LogP contribution in [0.4, 0.5) is 0 Å². The molecule has 0 aromatic rings. The zero-order chi connectivity index (χ0) is 12.3. The van der Waals surface area contributed by atoms with E-state index in [1.165, 1.54) is 0 Å². The van der Waals surface area contributed by atoms with Crippen molar-refractivity contribution in [3.8, 4) is 0 Å². The van der Waals surface area contributed by atoms with Gasteiger partial charge >= 0.3 is 5.97 Å². The van der Waals surface area contributed by atoms with Crippen molar-refractivity contribution in [2.75, 3.05) is 0 Å². The van der Waals surface area contributed by atoms with Gasteiger partial charge in [-0.1, -0.05) is 20.8 Å². The lowest BCUT2D eigenvalue weighted by atomic mass is 9.89. The van der Waals surface area contributed by atoms with E-state index < -0.39 is 5.97 Å². The fourth-order valence-corrected chi connectivity index (χ4v) is 1.88. The average molecular weight is 227 g/mol. The van der Waals surface area contributed by atoms with Crippen LogP contribution >= 0.6 is 0 Å². The number of amides is 1. The molecule has 0 aromatic carbocycles. The van der Waals surface area contributed by atoms with Gasteiger partial charge in [-0.15, -0.1) is 0 Å². The van der Waals surface area contributed by atoms with E-state index in [-0.39, 0.29) is 23.3 Å². The van der Waals surface area contributed by atoms with Crippen LogP contribution in [0.5, 0.6) is 0 Å². The van der Waals surface area contributed by atoms with Crippen LogP contribution in [-0.2, 0) is 9.59 Å². The highest BCUT2D eigenvalue weighted by atomic mass is 16.4. The van der Waals surface area contributed by atoms with Gasteiger partial charge in [-0.05, 0) is 25.7 Å².